The van der Waals surface area contributed by atoms with E-state index in [1.165, 1.54) is 11.0 Å². The molecule has 1 amide bonds. The van der Waals surface area contributed by atoms with Gasteiger partial charge in [-0.2, -0.15) is 0 Å². The highest BCUT2D eigenvalue weighted by Crippen LogP contribution is 2.27. The van der Waals surface area contributed by atoms with Crippen molar-refractivity contribution in [2.45, 2.75) is 26.4 Å². The van der Waals surface area contributed by atoms with Crippen LogP contribution in [-0.2, 0) is 11.3 Å². The van der Waals surface area contributed by atoms with Gasteiger partial charge in [0.25, 0.3) is 5.91 Å². The van der Waals surface area contributed by atoms with Crippen LogP contribution in [0.15, 0.2) is 67.1 Å². The molecule has 0 spiro atoms. The molecule has 0 radical (unpaired) electrons. The third-order valence-electron chi connectivity index (χ3n) is 4.63. The van der Waals surface area contributed by atoms with Crippen molar-refractivity contribution < 1.29 is 4.79 Å². The predicted molar refractivity (Wildman–Crippen MR) is 108 cm³/mol. The first-order chi connectivity index (χ1) is 13.6. The number of fused-ring (bicyclic) bond motifs is 1. The summed E-state index contributed by atoms with van der Waals surface area (Å²) in [7, 11) is 0. The normalized spacial score (nSPS) is 12.4. The lowest BCUT2D eigenvalue weighted by Crippen LogP contribution is -2.27. The SMILES string of the molecule is CC(C)Cn1ccc2c(NC(=O)[C@H](c3ccccc3)n3cnnn3)cccc21. The number of benzene rings is 2. The molecule has 1 N–H and O–H groups in total. The second-order valence-corrected chi connectivity index (χ2v) is 7.19. The Morgan fingerprint density at radius 3 is 2.61 bits per heavy atom. The summed E-state index contributed by atoms with van der Waals surface area (Å²) in [5.74, 6) is 0.346. The average Bonchev–Trinajstić information content (AvgIpc) is 3.34. The average molecular weight is 374 g/mol. The van der Waals surface area contributed by atoms with Crippen molar-refractivity contribution >= 4 is 22.5 Å². The highest BCUT2D eigenvalue weighted by Gasteiger charge is 2.24. The van der Waals surface area contributed by atoms with Crippen molar-refractivity contribution in [3.63, 3.8) is 0 Å². The Hall–Kier alpha value is -3.48. The van der Waals surface area contributed by atoms with Crippen molar-refractivity contribution in [1.82, 2.24) is 24.8 Å². The summed E-state index contributed by atoms with van der Waals surface area (Å²) in [6, 6.07) is 16.8. The van der Waals surface area contributed by atoms with E-state index in [0.29, 0.717) is 5.92 Å². The van der Waals surface area contributed by atoms with Crippen LogP contribution in [0.5, 0.6) is 0 Å². The van der Waals surface area contributed by atoms with Gasteiger partial charge < -0.3 is 9.88 Å². The highest BCUT2D eigenvalue weighted by atomic mass is 16.2. The standard InChI is InChI=1S/C21H22N6O/c1-15(2)13-26-12-11-17-18(9-6-10-19(17)26)23-21(28)20(27-14-22-24-25-27)16-7-4-3-5-8-16/h3-12,14-15,20H,13H2,1-2H3,(H,23,28)/t20-/m0/s1. The van der Waals surface area contributed by atoms with Crippen LogP contribution < -0.4 is 5.32 Å². The Morgan fingerprint density at radius 2 is 1.89 bits per heavy atom. The maximum Gasteiger partial charge on any atom is 0.253 e. The summed E-state index contributed by atoms with van der Waals surface area (Å²) >= 11 is 0. The molecule has 1 atom stereocenters. The van der Waals surface area contributed by atoms with Crippen molar-refractivity contribution in [2.75, 3.05) is 5.32 Å². The number of amides is 1. The molecule has 0 saturated heterocycles. The van der Waals surface area contributed by atoms with Crippen LogP contribution in [0.2, 0.25) is 0 Å². The zero-order valence-corrected chi connectivity index (χ0v) is 15.9. The van der Waals surface area contributed by atoms with Gasteiger partial charge in [0, 0.05) is 18.1 Å². The molecule has 0 saturated carbocycles. The van der Waals surface area contributed by atoms with Crippen LogP contribution >= 0.6 is 0 Å². The van der Waals surface area contributed by atoms with E-state index in [1.807, 2.05) is 48.5 Å². The van der Waals surface area contributed by atoms with E-state index < -0.39 is 6.04 Å². The molecule has 7 heteroatoms. The molecule has 28 heavy (non-hydrogen) atoms. The molecule has 4 aromatic rings. The Morgan fingerprint density at radius 1 is 1.07 bits per heavy atom. The van der Waals surface area contributed by atoms with E-state index in [2.05, 4.69) is 51.5 Å². The molecular formula is C21H22N6O. The zero-order valence-electron chi connectivity index (χ0n) is 15.9. The van der Waals surface area contributed by atoms with E-state index in [-0.39, 0.29) is 5.91 Å². The van der Waals surface area contributed by atoms with Gasteiger partial charge in [-0.3, -0.25) is 4.79 Å². The van der Waals surface area contributed by atoms with E-state index in [4.69, 9.17) is 0 Å². The Balaban J connectivity index is 1.68. The number of hydrogen-bond acceptors (Lipinski definition) is 4. The van der Waals surface area contributed by atoms with Gasteiger partial charge >= 0.3 is 0 Å². The number of nitrogens with zero attached hydrogens (tertiary/aromatic N) is 5. The Labute approximate surface area is 163 Å². The molecule has 0 aliphatic carbocycles. The number of carbonyl (C=O) groups is 1. The summed E-state index contributed by atoms with van der Waals surface area (Å²) in [6.07, 6.45) is 3.52. The molecular weight excluding hydrogens is 352 g/mol. The molecule has 7 nitrogen and oxygen atoms in total. The fourth-order valence-corrected chi connectivity index (χ4v) is 3.43. The molecule has 0 unspecified atom stereocenters. The number of nitrogens with one attached hydrogen (secondary N) is 1. The van der Waals surface area contributed by atoms with Gasteiger partial charge in [0.2, 0.25) is 0 Å². The lowest BCUT2D eigenvalue weighted by Gasteiger charge is -2.17. The summed E-state index contributed by atoms with van der Waals surface area (Å²) in [5, 5.41) is 15.4. The number of aromatic nitrogens is 5. The smallest absolute Gasteiger partial charge is 0.253 e. The van der Waals surface area contributed by atoms with Gasteiger partial charge in [-0.05, 0) is 40.1 Å². The first-order valence-corrected chi connectivity index (χ1v) is 9.29. The lowest BCUT2D eigenvalue weighted by atomic mass is 10.1. The minimum absolute atomic E-state index is 0.192. The number of carbonyl (C=O) groups excluding carboxylic acids is 1. The number of tetrazole rings is 1. The molecule has 0 bridgehead atoms. The van der Waals surface area contributed by atoms with Crippen LogP contribution in [-0.4, -0.2) is 30.7 Å². The quantitative estimate of drug-likeness (QED) is 0.560. The molecule has 2 aromatic heterocycles. The summed E-state index contributed by atoms with van der Waals surface area (Å²) in [4.78, 5) is 13.2. The fourth-order valence-electron chi connectivity index (χ4n) is 3.43. The molecule has 0 aliphatic heterocycles. The highest BCUT2D eigenvalue weighted by molar-refractivity contribution is 6.03. The zero-order chi connectivity index (χ0) is 19.5. The van der Waals surface area contributed by atoms with Gasteiger partial charge in [-0.25, -0.2) is 4.68 Å². The van der Waals surface area contributed by atoms with Crippen LogP contribution in [0, 0.1) is 5.92 Å². The maximum atomic E-state index is 13.2. The molecule has 2 aromatic carbocycles. The van der Waals surface area contributed by atoms with Gasteiger partial charge in [0.05, 0.1) is 11.2 Å². The van der Waals surface area contributed by atoms with E-state index >= 15 is 0 Å². The van der Waals surface area contributed by atoms with Gasteiger partial charge in [0.15, 0.2) is 6.04 Å². The van der Waals surface area contributed by atoms with Gasteiger partial charge in [-0.1, -0.05) is 50.2 Å². The van der Waals surface area contributed by atoms with E-state index in [9.17, 15) is 4.79 Å². The van der Waals surface area contributed by atoms with E-state index in [1.54, 1.807) is 0 Å². The van der Waals surface area contributed by atoms with E-state index in [0.717, 1.165) is 28.7 Å². The van der Waals surface area contributed by atoms with Crippen LogP contribution in [0.3, 0.4) is 0 Å². The van der Waals surface area contributed by atoms with Crippen LogP contribution in [0.1, 0.15) is 25.5 Å². The largest absolute Gasteiger partial charge is 0.347 e. The van der Waals surface area contributed by atoms with Crippen molar-refractivity contribution in [3.05, 3.63) is 72.7 Å². The molecule has 142 valence electrons. The van der Waals surface area contributed by atoms with Crippen LogP contribution in [0.4, 0.5) is 5.69 Å². The summed E-state index contributed by atoms with van der Waals surface area (Å²) in [6.45, 7) is 5.31. The first kappa shape index (κ1) is 17.9. The fraction of sp³-hybridized carbons (Fsp3) is 0.238. The predicted octanol–water partition coefficient (Wildman–Crippen LogP) is 3.51. The van der Waals surface area contributed by atoms with Crippen molar-refractivity contribution in [1.29, 1.82) is 0 Å². The molecule has 0 aliphatic rings. The third-order valence-corrected chi connectivity index (χ3v) is 4.63. The molecule has 4 rings (SSSR count). The minimum atomic E-state index is -0.649. The summed E-state index contributed by atoms with van der Waals surface area (Å²) < 4.78 is 3.68. The lowest BCUT2D eigenvalue weighted by molar-refractivity contribution is -0.118. The second kappa shape index (κ2) is 7.64. The number of rotatable bonds is 6. The molecule has 0 fully saturated rings. The van der Waals surface area contributed by atoms with Gasteiger partial charge in [-0.15, -0.1) is 5.10 Å². The second-order valence-electron chi connectivity index (χ2n) is 7.19. The Bertz CT molecular complexity index is 1070. The monoisotopic (exact) mass is 374 g/mol. The van der Waals surface area contributed by atoms with Crippen LogP contribution in [0.25, 0.3) is 10.9 Å². The topological polar surface area (TPSA) is 77.6 Å². The molecule has 2 heterocycles. The summed E-state index contributed by atoms with van der Waals surface area (Å²) in [5.41, 5.74) is 2.70. The third kappa shape index (κ3) is 3.51. The first-order valence-electron chi connectivity index (χ1n) is 9.29. The number of hydrogen-bond donors (Lipinski definition) is 1. The number of anilines is 1. The van der Waals surface area contributed by atoms with Crippen molar-refractivity contribution in [3.8, 4) is 0 Å². The minimum Gasteiger partial charge on any atom is -0.347 e. The maximum absolute atomic E-state index is 13.2. The van der Waals surface area contributed by atoms with Gasteiger partial charge in [0.1, 0.15) is 6.33 Å². The Kier molecular flexibility index (Phi) is 4.89. The van der Waals surface area contributed by atoms with Crippen molar-refractivity contribution in [2.24, 2.45) is 5.92 Å².